The van der Waals surface area contributed by atoms with Crippen LogP contribution in [0.15, 0.2) is 18.3 Å². The average Bonchev–Trinajstić information content (AvgIpc) is 2.76. The molecule has 3 nitrogen and oxygen atoms in total. The molecule has 0 amide bonds. The first-order chi connectivity index (χ1) is 8.61. The second-order valence-electron chi connectivity index (χ2n) is 5.47. The number of rotatable bonds is 5. The lowest BCUT2D eigenvalue weighted by atomic mass is 9.91. The van der Waals surface area contributed by atoms with Gasteiger partial charge in [0.2, 0.25) is 0 Å². The maximum Gasteiger partial charge on any atom is 0.140 e. The second kappa shape index (κ2) is 5.61. The van der Waals surface area contributed by atoms with Gasteiger partial charge in [0.05, 0.1) is 0 Å². The molecule has 0 radical (unpaired) electrons. The zero-order valence-corrected chi connectivity index (χ0v) is 11.1. The van der Waals surface area contributed by atoms with Crippen LogP contribution in [0.5, 0.6) is 0 Å². The molecule has 1 aromatic rings. The molecule has 1 fully saturated rings. The number of pyridine rings is 1. The molecule has 0 aromatic carbocycles. The van der Waals surface area contributed by atoms with E-state index in [0.717, 1.165) is 37.8 Å². The zero-order valence-electron chi connectivity index (χ0n) is 11.1. The number of hydrogen-bond donors (Lipinski definition) is 1. The summed E-state index contributed by atoms with van der Waals surface area (Å²) in [5.74, 6) is 0.219. The maximum atomic E-state index is 12.0. The summed E-state index contributed by atoms with van der Waals surface area (Å²) >= 11 is 0. The first-order valence-corrected chi connectivity index (χ1v) is 6.86. The highest BCUT2D eigenvalue weighted by Crippen LogP contribution is 2.30. The van der Waals surface area contributed by atoms with Crippen molar-refractivity contribution >= 4 is 5.78 Å². The molecule has 0 saturated heterocycles. The predicted molar refractivity (Wildman–Crippen MR) is 72.3 cm³/mol. The highest BCUT2D eigenvalue weighted by molar-refractivity contribution is 5.81. The highest BCUT2D eigenvalue weighted by Gasteiger charge is 2.31. The van der Waals surface area contributed by atoms with Gasteiger partial charge in [0.25, 0.3) is 0 Å². The van der Waals surface area contributed by atoms with E-state index in [9.17, 15) is 4.79 Å². The average molecular weight is 246 g/mol. The lowest BCUT2D eigenvalue weighted by molar-refractivity contribution is -0.119. The molecule has 98 valence electrons. The fourth-order valence-electron chi connectivity index (χ4n) is 2.68. The van der Waals surface area contributed by atoms with Crippen LogP contribution < -0.4 is 5.73 Å². The quantitative estimate of drug-likeness (QED) is 0.868. The summed E-state index contributed by atoms with van der Waals surface area (Å²) in [5, 5.41) is 0. The number of ketones is 1. The topological polar surface area (TPSA) is 56.0 Å². The predicted octanol–water partition coefficient (Wildman–Crippen LogP) is 2.42. The van der Waals surface area contributed by atoms with Gasteiger partial charge in [-0.25, -0.2) is 0 Å². The van der Waals surface area contributed by atoms with Crippen LogP contribution >= 0.6 is 0 Å². The number of aromatic nitrogens is 1. The molecule has 2 N–H and O–H groups in total. The normalized spacial score (nSPS) is 17.9. The Kier molecular flexibility index (Phi) is 4.12. The van der Waals surface area contributed by atoms with E-state index in [2.05, 4.69) is 11.9 Å². The zero-order chi connectivity index (χ0) is 13.0. The van der Waals surface area contributed by atoms with Crippen molar-refractivity contribution in [1.29, 1.82) is 0 Å². The van der Waals surface area contributed by atoms with E-state index in [1.807, 2.05) is 18.3 Å². The minimum absolute atomic E-state index is 0.219. The molecule has 18 heavy (non-hydrogen) atoms. The molecule has 2 rings (SSSR count). The van der Waals surface area contributed by atoms with Crippen LogP contribution in [-0.2, 0) is 17.6 Å². The molecule has 0 bridgehead atoms. The van der Waals surface area contributed by atoms with E-state index in [1.165, 1.54) is 5.56 Å². The van der Waals surface area contributed by atoms with Gasteiger partial charge in [0.15, 0.2) is 0 Å². The van der Waals surface area contributed by atoms with Crippen molar-refractivity contribution in [2.45, 2.75) is 57.4 Å². The van der Waals surface area contributed by atoms with Crippen molar-refractivity contribution < 1.29 is 4.79 Å². The Morgan fingerprint density at radius 2 is 2.11 bits per heavy atom. The van der Waals surface area contributed by atoms with Crippen molar-refractivity contribution in [1.82, 2.24) is 4.98 Å². The van der Waals surface area contributed by atoms with E-state index in [0.29, 0.717) is 12.8 Å². The summed E-state index contributed by atoms with van der Waals surface area (Å²) < 4.78 is 0. The Bertz CT molecular complexity index is 405. The fraction of sp³-hybridized carbons (Fsp3) is 0.600. The van der Waals surface area contributed by atoms with Gasteiger partial charge in [-0.15, -0.1) is 0 Å². The van der Waals surface area contributed by atoms with Crippen LogP contribution in [0.3, 0.4) is 0 Å². The third-order valence-corrected chi connectivity index (χ3v) is 3.82. The minimum Gasteiger partial charge on any atom is -0.325 e. The van der Waals surface area contributed by atoms with Crippen molar-refractivity contribution in [2.75, 3.05) is 0 Å². The lowest BCUT2D eigenvalue weighted by Gasteiger charge is -2.22. The van der Waals surface area contributed by atoms with Crippen molar-refractivity contribution in [3.05, 3.63) is 29.6 Å². The molecule has 0 atom stereocenters. The Hall–Kier alpha value is -1.22. The third-order valence-electron chi connectivity index (χ3n) is 3.82. The number of aryl methyl sites for hydroxylation is 1. The molecular formula is C15H22N2O. The Morgan fingerprint density at radius 1 is 1.39 bits per heavy atom. The van der Waals surface area contributed by atoms with Gasteiger partial charge in [0.1, 0.15) is 5.78 Å². The van der Waals surface area contributed by atoms with Gasteiger partial charge in [0, 0.05) is 30.3 Å². The standard InChI is InChI=1S/C15H22N2O/c1-2-12-5-6-13(17-11-12)9-14(18)10-15(16)7-3-4-8-15/h5-6,11H,2-4,7-10,16H2,1H3. The molecule has 1 aliphatic carbocycles. The summed E-state index contributed by atoms with van der Waals surface area (Å²) in [6, 6.07) is 4.00. The van der Waals surface area contributed by atoms with E-state index in [-0.39, 0.29) is 11.3 Å². The number of nitrogens with two attached hydrogens (primary N) is 1. The van der Waals surface area contributed by atoms with Crippen molar-refractivity contribution in [3.63, 3.8) is 0 Å². The van der Waals surface area contributed by atoms with Crippen LogP contribution in [0.4, 0.5) is 0 Å². The van der Waals surface area contributed by atoms with Crippen LogP contribution in [-0.4, -0.2) is 16.3 Å². The van der Waals surface area contributed by atoms with Crippen LogP contribution in [0.25, 0.3) is 0 Å². The summed E-state index contributed by atoms with van der Waals surface area (Å²) in [4.78, 5) is 16.3. The third kappa shape index (κ3) is 3.39. The molecule has 1 aromatic heterocycles. The summed E-state index contributed by atoms with van der Waals surface area (Å²) in [5.41, 5.74) is 8.05. The van der Waals surface area contributed by atoms with Crippen LogP contribution in [0.1, 0.15) is 50.3 Å². The van der Waals surface area contributed by atoms with Gasteiger partial charge in [-0.1, -0.05) is 25.8 Å². The Balaban J connectivity index is 1.90. The van der Waals surface area contributed by atoms with E-state index >= 15 is 0 Å². The van der Waals surface area contributed by atoms with Crippen LogP contribution in [0.2, 0.25) is 0 Å². The van der Waals surface area contributed by atoms with E-state index in [1.54, 1.807) is 0 Å². The summed E-state index contributed by atoms with van der Waals surface area (Å²) in [6.07, 6.45) is 8.05. The molecule has 3 heteroatoms. The number of hydrogen-bond acceptors (Lipinski definition) is 3. The molecule has 1 aliphatic rings. The van der Waals surface area contributed by atoms with E-state index < -0.39 is 0 Å². The lowest BCUT2D eigenvalue weighted by Crippen LogP contribution is -2.39. The smallest absolute Gasteiger partial charge is 0.140 e. The SMILES string of the molecule is CCc1ccc(CC(=O)CC2(N)CCCC2)nc1. The van der Waals surface area contributed by atoms with Gasteiger partial charge in [-0.05, 0) is 30.9 Å². The van der Waals surface area contributed by atoms with Gasteiger partial charge < -0.3 is 5.73 Å². The second-order valence-corrected chi connectivity index (χ2v) is 5.47. The van der Waals surface area contributed by atoms with E-state index in [4.69, 9.17) is 5.73 Å². The number of nitrogens with zero attached hydrogens (tertiary/aromatic N) is 1. The molecule has 0 spiro atoms. The largest absolute Gasteiger partial charge is 0.325 e. The Labute approximate surface area is 109 Å². The molecule has 0 unspecified atom stereocenters. The van der Waals surface area contributed by atoms with Gasteiger partial charge in [-0.3, -0.25) is 9.78 Å². The maximum absolute atomic E-state index is 12.0. The first kappa shape index (κ1) is 13.2. The summed E-state index contributed by atoms with van der Waals surface area (Å²) in [6.45, 7) is 2.10. The van der Waals surface area contributed by atoms with Crippen molar-refractivity contribution in [3.8, 4) is 0 Å². The summed E-state index contributed by atoms with van der Waals surface area (Å²) in [7, 11) is 0. The van der Waals surface area contributed by atoms with Gasteiger partial charge in [-0.2, -0.15) is 0 Å². The Morgan fingerprint density at radius 3 is 2.67 bits per heavy atom. The monoisotopic (exact) mass is 246 g/mol. The van der Waals surface area contributed by atoms with Crippen LogP contribution in [0, 0.1) is 0 Å². The van der Waals surface area contributed by atoms with Gasteiger partial charge >= 0.3 is 0 Å². The number of carbonyl (C=O) groups excluding carboxylic acids is 1. The highest BCUT2D eigenvalue weighted by atomic mass is 16.1. The first-order valence-electron chi connectivity index (χ1n) is 6.86. The molecule has 0 aliphatic heterocycles. The molecule has 1 saturated carbocycles. The fourth-order valence-corrected chi connectivity index (χ4v) is 2.68. The number of carbonyl (C=O) groups is 1. The molecular weight excluding hydrogens is 224 g/mol. The van der Waals surface area contributed by atoms with Crippen molar-refractivity contribution in [2.24, 2.45) is 5.73 Å². The number of Topliss-reactive ketones (excluding diaryl/α,β-unsaturated/α-hetero) is 1. The molecule has 1 heterocycles. The minimum atomic E-state index is -0.236.